The Kier molecular flexibility index (Phi) is 16.1. The van der Waals surface area contributed by atoms with Crippen LogP contribution in [0.25, 0.3) is 0 Å². The number of nitrogens with zero attached hydrogens (tertiary/aromatic N) is 4. The van der Waals surface area contributed by atoms with E-state index >= 15 is 0 Å². The molecule has 0 spiro atoms. The van der Waals surface area contributed by atoms with E-state index in [0.717, 1.165) is 17.8 Å². The molecule has 3 aliphatic rings. The summed E-state index contributed by atoms with van der Waals surface area (Å²) in [7, 11) is 2.20. The molecule has 5 nitrogen and oxygen atoms in total. The first-order valence-corrected chi connectivity index (χ1v) is 13.3. The van der Waals surface area contributed by atoms with Gasteiger partial charge in [-0.25, -0.2) is 0 Å². The number of hydrogen-bond donors (Lipinski definition) is 1. The van der Waals surface area contributed by atoms with Gasteiger partial charge in [-0.1, -0.05) is 48.0 Å². The minimum atomic E-state index is 0.818. The van der Waals surface area contributed by atoms with Crippen molar-refractivity contribution in [1.29, 1.82) is 0 Å². The first-order chi connectivity index (χ1) is 14.8. The van der Waals surface area contributed by atoms with Crippen molar-refractivity contribution in [2.45, 2.75) is 60.8 Å². The van der Waals surface area contributed by atoms with Gasteiger partial charge in [0.05, 0.1) is 0 Å². The zero-order chi connectivity index (χ0) is 23.1. The lowest BCUT2D eigenvalue weighted by atomic mass is 10.1. The van der Waals surface area contributed by atoms with E-state index in [2.05, 4.69) is 73.5 Å². The summed E-state index contributed by atoms with van der Waals surface area (Å²) in [4.78, 5) is 10.1. The van der Waals surface area contributed by atoms with E-state index in [1.165, 1.54) is 104 Å². The van der Waals surface area contributed by atoms with Gasteiger partial charge in [-0.3, -0.25) is 0 Å². The van der Waals surface area contributed by atoms with Crippen molar-refractivity contribution < 1.29 is 0 Å². The molecule has 0 aromatic rings. The number of piperazine rings is 2. The quantitative estimate of drug-likeness (QED) is 0.682. The average molecular weight is 440 g/mol. The standard InChI is InChI=1S/C9H20N2.C9H19N.C8H18N2/c1-9(2)8-11-6-4-10(3)5-7-11;1-9(2)8-10-6-4-3-5-7-10;1-8(2)7-10-5-3-9-4-6-10/h9H,4-8H2,1-3H3;9H,3-8H2,1-2H3;8-9H,3-7H2,1-2H3. The van der Waals surface area contributed by atoms with Crippen LogP contribution in [0, 0.1) is 17.8 Å². The van der Waals surface area contributed by atoms with Crippen LogP contribution in [0.1, 0.15) is 60.8 Å². The monoisotopic (exact) mass is 439 g/mol. The molecule has 186 valence electrons. The molecule has 0 saturated carbocycles. The Balaban J connectivity index is 0.000000233. The van der Waals surface area contributed by atoms with Crippen molar-refractivity contribution in [3.05, 3.63) is 0 Å². The van der Waals surface area contributed by atoms with E-state index in [-0.39, 0.29) is 0 Å². The van der Waals surface area contributed by atoms with Gasteiger partial charge in [0, 0.05) is 72.0 Å². The summed E-state index contributed by atoms with van der Waals surface area (Å²) < 4.78 is 0. The maximum Gasteiger partial charge on any atom is 0.0110 e. The number of hydrogen-bond acceptors (Lipinski definition) is 5. The molecule has 3 heterocycles. The Hall–Kier alpha value is -0.200. The van der Waals surface area contributed by atoms with Crippen molar-refractivity contribution >= 4 is 0 Å². The van der Waals surface area contributed by atoms with Crippen LogP contribution in [0.2, 0.25) is 0 Å². The molecule has 0 atom stereocenters. The van der Waals surface area contributed by atoms with Crippen LogP contribution in [-0.2, 0) is 0 Å². The molecule has 0 aromatic heterocycles. The minimum absolute atomic E-state index is 0.818. The van der Waals surface area contributed by atoms with Crippen molar-refractivity contribution in [3.63, 3.8) is 0 Å². The number of piperidine rings is 1. The molecular weight excluding hydrogens is 382 g/mol. The highest BCUT2D eigenvalue weighted by Gasteiger charge is 2.14. The fourth-order valence-corrected chi connectivity index (χ4v) is 4.62. The first-order valence-electron chi connectivity index (χ1n) is 13.3. The molecule has 31 heavy (non-hydrogen) atoms. The Morgan fingerprint density at radius 2 is 0.903 bits per heavy atom. The summed E-state index contributed by atoms with van der Waals surface area (Å²) in [6.07, 6.45) is 4.30. The van der Waals surface area contributed by atoms with Gasteiger partial charge in [-0.2, -0.15) is 0 Å². The summed E-state index contributed by atoms with van der Waals surface area (Å²) in [5, 5.41) is 3.35. The normalized spacial score (nSPS) is 22.3. The molecule has 0 amide bonds. The number of likely N-dealkylation sites (tertiary alicyclic amines) is 1. The summed E-state index contributed by atoms with van der Waals surface area (Å²) in [5.74, 6) is 2.48. The van der Waals surface area contributed by atoms with Gasteiger partial charge in [-0.15, -0.1) is 0 Å². The largest absolute Gasteiger partial charge is 0.314 e. The lowest BCUT2D eigenvalue weighted by Gasteiger charge is -2.33. The van der Waals surface area contributed by atoms with Crippen molar-refractivity contribution in [3.8, 4) is 0 Å². The summed E-state index contributed by atoms with van der Waals surface area (Å²) in [6.45, 7) is 30.1. The van der Waals surface area contributed by atoms with E-state index in [1.54, 1.807) is 0 Å². The molecule has 3 saturated heterocycles. The smallest absolute Gasteiger partial charge is 0.0110 e. The second-order valence-corrected chi connectivity index (χ2v) is 11.2. The third-order valence-corrected chi connectivity index (χ3v) is 6.12. The molecular formula is C26H57N5. The van der Waals surface area contributed by atoms with E-state index in [0.29, 0.717) is 0 Å². The van der Waals surface area contributed by atoms with Crippen LogP contribution in [0.5, 0.6) is 0 Å². The summed E-state index contributed by atoms with van der Waals surface area (Å²) >= 11 is 0. The predicted octanol–water partition coefficient (Wildman–Crippen LogP) is 3.57. The number of likely N-dealkylation sites (N-methyl/N-ethyl adjacent to an activating group) is 1. The third kappa shape index (κ3) is 16.1. The maximum atomic E-state index is 3.35. The second kappa shape index (κ2) is 17.3. The topological polar surface area (TPSA) is 25.0 Å². The zero-order valence-corrected chi connectivity index (χ0v) is 22.3. The fraction of sp³-hybridized carbons (Fsp3) is 1.00. The van der Waals surface area contributed by atoms with Gasteiger partial charge in [0.25, 0.3) is 0 Å². The van der Waals surface area contributed by atoms with Crippen molar-refractivity contribution in [1.82, 2.24) is 24.9 Å². The van der Waals surface area contributed by atoms with E-state index < -0.39 is 0 Å². The van der Waals surface area contributed by atoms with Crippen molar-refractivity contribution in [2.75, 3.05) is 92.1 Å². The van der Waals surface area contributed by atoms with E-state index in [1.807, 2.05) is 0 Å². The lowest BCUT2D eigenvalue weighted by Crippen LogP contribution is -2.45. The van der Waals surface area contributed by atoms with Crippen LogP contribution in [-0.4, -0.2) is 112 Å². The summed E-state index contributed by atoms with van der Waals surface area (Å²) in [6, 6.07) is 0. The van der Waals surface area contributed by atoms with Crippen LogP contribution >= 0.6 is 0 Å². The van der Waals surface area contributed by atoms with E-state index in [4.69, 9.17) is 0 Å². The van der Waals surface area contributed by atoms with Gasteiger partial charge < -0.3 is 24.9 Å². The van der Waals surface area contributed by atoms with Crippen LogP contribution < -0.4 is 5.32 Å². The molecule has 1 N–H and O–H groups in total. The van der Waals surface area contributed by atoms with Crippen LogP contribution in [0.15, 0.2) is 0 Å². The molecule has 0 unspecified atom stereocenters. The molecule has 0 aromatic carbocycles. The van der Waals surface area contributed by atoms with Crippen molar-refractivity contribution in [2.24, 2.45) is 17.8 Å². The lowest BCUT2D eigenvalue weighted by molar-refractivity contribution is 0.141. The highest BCUT2D eigenvalue weighted by molar-refractivity contribution is 4.70. The van der Waals surface area contributed by atoms with Gasteiger partial charge in [-0.05, 0) is 50.7 Å². The van der Waals surface area contributed by atoms with Gasteiger partial charge >= 0.3 is 0 Å². The maximum absolute atomic E-state index is 3.35. The molecule has 0 aliphatic carbocycles. The number of nitrogens with one attached hydrogen (secondary N) is 1. The molecule has 3 rings (SSSR count). The molecule has 3 fully saturated rings. The van der Waals surface area contributed by atoms with Gasteiger partial charge in [0.15, 0.2) is 0 Å². The first kappa shape index (κ1) is 28.8. The Morgan fingerprint density at radius 3 is 1.32 bits per heavy atom. The van der Waals surface area contributed by atoms with Gasteiger partial charge in [0.1, 0.15) is 0 Å². The third-order valence-electron chi connectivity index (χ3n) is 6.12. The van der Waals surface area contributed by atoms with E-state index in [9.17, 15) is 0 Å². The number of rotatable bonds is 6. The minimum Gasteiger partial charge on any atom is -0.314 e. The molecule has 0 radical (unpaired) electrons. The van der Waals surface area contributed by atoms with Crippen LogP contribution in [0.3, 0.4) is 0 Å². The molecule has 0 bridgehead atoms. The second-order valence-electron chi connectivity index (χ2n) is 11.2. The highest BCUT2D eigenvalue weighted by Crippen LogP contribution is 2.10. The fourth-order valence-electron chi connectivity index (χ4n) is 4.62. The zero-order valence-electron chi connectivity index (χ0n) is 22.3. The molecule has 5 heteroatoms. The highest BCUT2D eigenvalue weighted by atomic mass is 15.2. The van der Waals surface area contributed by atoms with Crippen LogP contribution in [0.4, 0.5) is 0 Å². The Morgan fingerprint density at radius 1 is 0.516 bits per heavy atom. The molecule has 3 aliphatic heterocycles. The van der Waals surface area contributed by atoms with Gasteiger partial charge in [0.2, 0.25) is 0 Å². The SMILES string of the molecule is CC(C)CN1CCCCC1.CC(C)CN1CCN(C)CC1.CC(C)CN1CCNCC1. The average Bonchev–Trinajstić information content (AvgIpc) is 2.71. The predicted molar refractivity (Wildman–Crippen MR) is 138 cm³/mol. The Bertz CT molecular complexity index is 369. The Labute approximate surface area is 195 Å². The summed E-state index contributed by atoms with van der Waals surface area (Å²) in [5.41, 5.74) is 0.